The summed E-state index contributed by atoms with van der Waals surface area (Å²) in [7, 11) is 1.53. The monoisotopic (exact) mass is 253 g/mol. The van der Waals surface area contributed by atoms with Gasteiger partial charge in [0.2, 0.25) is 0 Å². The third-order valence-corrected chi connectivity index (χ3v) is 2.53. The molecule has 2 heterocycles. The Kier molecular flexibility index (Phi) is 3.53. The number of nitrogens with zero attached hydrogens (tertiary/aromatic N) is 5. The molecule has 0 saturated heterocycles. The molecule has 7 heteroatoms. The smallest absolute Gasteiger partial charge is 0.184 e. The van der Waals surface area contributed by atoms with E-state index < -0.39 is 0 Å². The molecular formula is C10H12ClN5O. The van der Waals surface area contributed by atoms with Gasteiger partial charge in [-0.1, -0.05) is 23.7 Å². The van der Waals surface area contributed by atoms with Crippen LogP contribution in [0.25, 0.3) is 11.4 Å². The van der Waals surface area contributed by atoms with Crippen LogP contribution < -0.4 is 4.74 Å². The number of hydrogen-bond acceptors (Lipinski definition) is 5. The van der Waals surface area contributed by atoms with Crippen molar-refractivity contribution in [1.29, 1.82) is 0 Å². The molecule has 2 aromatic heterocycles. The second kappa shape index (κ2) is 5.09. The first-order valence-corrected chi connectivity index (χ1v) is 5.59. The highest BCUT2D eigenvalue weighted by molar-refractivity contribution is 6.31. The van der Waals surface area contributed by atoms with Crippen molar-refractivity contribution in [3.8, 4) is 17.1 Å². The lowest BCUT2D eigenvalue weighted by Gasteiger charge is -2.08. The van der Waals surface area contributed by atoms with Crippen LogP contribution in [0, 0.1) is 0 Å². The number of hydrogen-bond donors (Lipinski definition) is 0. The van der Waals surface area contributed by atoms with Crippen molar-refractivity contribution < 1.29 is 4.74 Å². The van der Waals surface area contributed by atoms with Gasteiger partial charge in [-0.3, -0.25) is 0 Å². The summed E-state index contributed by atoms with van der Waals surface area (Å²) in [4.78, 5) is 8.05. The molecule has 0 aliphatic carbocycles. The molecule has 6 nitrogen and oxygen atoms in total. The molecule has 0 radical (unpaired) electrons. The van der Waals surface area contributed by atoms with Gasteiger partial charge in [-0.25, -0.2) is 14.6 Å². The predicted molar refractivity (Wildman–Crippen MR) is 62.9 cm³/mol. The molecule has 0 saturated carbocycles. The minimum atomic E-state index is 0.279. The number of methoxy groups -OCH3 is 1. The minimum absolute atomic E-state index is 0.279. The van der Waals surface area contributed by atoms with Crippen molar-refractivity contribution in [3.05, 3.63) is 17.7 Å². The standard InChI is InChI=1S/C10H12ClN5O/c1-3-4-16-7(5-14-15-16)8-9(17-2)10(11)13-6-12-8/h5-6H,3-4H2,1-2H3. The molecule has 90 valence electrons. The van der Waals surface area contributed by atoms with Crippen LogP contribution in [0.5, 0.6) is 5.75 Å². The molecule has 0 unspecified atom stereocenters. The summed E-state index contributed by atoms with van der Waals surface area (Å²) in [5, 5.41) is 8.15. The number of aryl methyl sites for hydroxylation is 1. The Labute approximate surface area is 104 Å². The second-order valence-corrected chi connectivity index (χ2v) is 3.75. The molecule has 0 atom stereocenters. The quantitative estimate of drug-likeness (QED) is 0.778. The number of halogens is 1. The van der Waals surface area contributed by atoms with E-state index >= 15 is 0 Å². The third kappa shape index (κ3) is 2.21. The fraction of sp³-hybridized carbons (Fsp3) is 0.400. The Morgan fingerprint density at radius 1 is 1.41 bits per heavy atom. The Balaban J connectivity index is 2.52. The van der Waals surface area contributed by atoms with Gasteiger partial charge in [-0.05, 0) is 6.42 Å². The van der Waals surface area contributed by atoms with Gasteiger partial charge in [0.25, 0.3) is 0 Å². The summed E-state index contributed by atoms with van der Waals surface area (Å²) in [5.41, 5.74) is 1.37. The first-order valence-electron chi connectivity index (χ1n) is 5.21. The van der Waals surface area contributed by atoms with E-state index in [2.05, 4.69) is 27.2 Å². The summed E-state index contributed by atoms with van der Waals surface area (Å²) in [5.74, 6) is 0.439. The maximum atomic E-state index is 5.95. The van der Waals surface area contributed by atoms with E-state index in [1.165, 1.54) is 13.4 Å². The molecule has 2 rings (SSSR count). The van der Waals surface area contributed by atoms with Crippen molar-refractivity contribution in [1.82, 2.24) is 25.0 Å². The zero-order chi connectivity index (χ0) is 12.3. The van der Waals surface area contributed by atoms with Crippen LogP contribution in [-0.2, 0) is 6.54 Å². The van der Waals surface area contributed by atoms with Crippen molar-refractivity contribution in [3.63, 3.8) is 0 Å². The van der Waals surface area contributed by atoms with Gasteiger partial charge in [0.1, 0.15) is 17.7 Å². The molecule has 0 spiro atoms. The summed E-state index contributed by atoms with van der Waals surface area (Å²) < 4.78 is 6.97. The van der Waals surface area contributed by atoms with E-state index in [9.17, 15) is 0 Å². The van der Waals surface area contributed by atoms with Crippen LogP contribution in [0.15, 0.2) is 12.5 Å². The zero-order valence-corrected chi connectivity index (χ0v) is 10.3. The maximum absolute atomic E-state index is 5.95. The topological polar surface area (TPSA) is 65.7 Å². The van der Waals surface area contributed by atoms with Gasteiger partial charge in [0.15, 0.2) is 10.9 Å². The van der Waals surface area contributed by atoms with Gasteiger partial charge in [-0.15, -0.1) is 5.10 Å². The first kappa shape index (κ1) is 11.8. The highest BCUT2D eigenvalue weighted by Gasteiger charge is 2.16. The summed E-state index contributed by atoms with van der Waals surface area (Å²) in [6.07, 6.45) is 3.98. The van der Waals surface area contributed by atoms with Crippen molar-refractivity contribution >= 4 is 11.6 Å². The van der Waals surface area contributed by atoms with Crippen molar-refractivity contribution in [2.75, 3.05) is 7.11 Å². The SMILES string of the molecule is CCCn1nncc1-c1ncnc(Cl)c1OC. The normalized spacial score (nSPS) is 10.5. The van der Waals surface area contributed by atoms with E-state index in [0.29, 0.717) is 11.4 Å². The molecule has 0 aliphatic heterocycles. The molecule has 0 bridgehead atoms. The van der Waals surface area contributed by atoms with Gasteiger partial charge in [-0.2, -0.15) is 0 Å². The van der Waals surface area contributed by atoms with Gasteiger partial charge in [0, 0.05) is 6.54 Å². The predicted octanol–water partition coefficient (Wildman–Crippen LogP) is 1.81. The highest BCUT2D eigenvalue weighted by Crippen LogP contribution is 2.31. The Morgan fingerprint density at radius 3 is 2.94 bits per heavy atom. The lowest BCUT2D eigenvalue weighted by molar-refractivity contribution is 0.412. The number of rotatable bonds is 4. The average molecular weight is 254 g/mol. The van der Waals surface area contributed by atoms with E-state index in [4.69, 9.17) is 16.3 Å². The largest absolute Gasteiger partial charge is 0.491 e. The molecule has 2 aromatic rings. The summed E-state index contributed by atoms with van der Waals surface area (Å²) >= 11 is 5.95. The fourth-order valence-corrected chi connectivity index (χ4v) is 1.74. The molecule has 0 fully saturated rings. The van der Waals surface area contributed by atoms with E-state index in [-0.39, 0.29) is 5.15 Å². The molecule has 0 aliphatic rings. The fourth-order valence-electron chi connectivity index (χ4n) is 1.53. The second-order valence-electron chi connectivity index (χ2n) is 3.39. The van der Waals surface area contributed by atoms with Crippen LogP contribution in [0.4, 0.5) is 0 Å². The van der Waals surface area contributed by atoms with E-state index in [0.717, 1.165) is 18.7 Å². The molecule has 0 amide bonds. The molecule has 0 N–H and O–H groups in total. The molecule has 0 aromatic carbocycles. The van der Waals surface area contributed by atoms with Gasteiger partial charge >= 0.3 is 0 Å². The Hall–Kier alpha value is -1.69. The first-order chi connectivity index (χ1) is 8.27. The van der Waals surface area contributed by atoms with Crippen molar-refractivity contribution in [2.24, 2.45) is 0 Å². The van der Waals surface area contributed by atoms with Gasteiger partial charge < -0.3 is 4.74 Å². The zero-order valence-electron chi connectivity index (χ0n) is 9.59. The van der Waals surface area contributed by atoms with Crippen molar-refractivity contribution in [2.45, 2.75) is 19.9 Å². The van der Waals surface area contributed by atoms with Gasteiger partial charge in [0.05, 0.1) is 13.3 Å². The number of ether oxygens (including phenoxy) is 1. The average Bonchev–Trinajstić information content (AvgIpc) is 2.77. The van der Waals surface area contributed by atoms with Crippen LogP contribution in [0.1, 0.15) is 13.3 Å². The molecular weight excluding hydrogens is 242 g/mol. The lowest BCUT2D eigenvalue weighted by atomic mass is 10.3. The lowest BCUT2D eigenvalue weighted by Crippen LogP contribution is -2.04. The van der Waals surface area contributed by atoms with Crippen LogP contribution in [0.2, 0.25) is 5.15 Å². The Bertz CT molecular complexity index is 513. The van der Waals surface area contributed by atoms with Crippen LogP contribution in [-0.4, -0.2) is 32.1 Å². The summed E-state index contributed by atoms with van der Waals surface area (Å²) in [6, 6.07) is 0. The Morgan fingerprint density at radius 2 is 2.24 bits per heavy atom. The summed E-state index contributed by atoms with van der Waals surface area (Å²) in [6.45, 7) is 2.83. The highest BCUT2D eigenvalue weighted by atomic mass is 35.5. The van der Waals surface area contributed by atoms with E-state index in [1.54, 1.807) is 10.9 Å². The third-order valence-electron chi connectivity index (χ3n) is 2.26. The number of aromatic nitrogens is 5. The van der Waals surface area contributed by atoms with Crippen LogP contribution in [0.3, 0.4) is 0 Å². The molecule has 17 heavy (non-hydrogen) atoms. The minimum Gasteiger partial charge on any atom is -0.491 e. The van der Waals surface area contributed by atoms with E-state index in [1.807, 2.05) is 0 Å². The van der Waals surface area contributed by atoms with Crippen LogP contribution >= 0.6 is 11.6 Å². The maximum Gasteiger partial charge on any atom is 0.184 e.